The minimum Gasteiger partial charge on any atom is -0.337 e. The van der Waals surface area contributed by atoms with Crippen molar-refractivity contribution in [3.63, 3.8) is 0 Å². The molecule has 19 heavy (non-hydrogen) atoms. The molecule has 1 amide bonds. The molecule has 106 valence electrons. The van der Waals surface area contributed by atoms with Crippen LogP contribution in [0.15, 0.2) is 5.38 Å². The minimum absolute atomic E-state index is 0.285. The number of aryl methyl sites for hydroxylation is 2. The van der Waals surface area contributed by atoms with E-state index in [4.69, 9.17) is 0 Å². The van der Waals surface area contributed by atoms with E-state index in [1.807, 2.05) is 11.8 Å². The van der Waals surface area contributed by atoms with Crippen molar-refractivity contribution in [1.82, 2.24) is 15.2 Å². The quantitative estimate of drug-likeness (QED) is 0.918. The molecule has 2 atom stereocenters. The van der Waals surface area contributed by atoms with Crippen molar-refractivity contribution in [2.45, 2.75) is 52.1 Å². The highest BCUT2D eigenvalue weighted by Crippen LogP contribution is 2.14. The van der Waals surface area contributed by atoms with Crippen molar-refractivity contribution in [2.24, 2.45) is 0 Å². The van der Waals surface area contributed by atoms with E-state index in [0.29, 0.717) is 18.5 Å². The molecule has 1 aromatic rings. The number of rotatable bonds is 4. The second-order valence-electron chi connectivity index (χ2n) is 5.28. The highest BCUT2D eigenvalue weighted by molar-refractivity contribution is 7.09. The Labute approximate surface area is 119 Å². The van der Waals surface area contributed by atoms with Crippen molar-refractivity contribution in [2.75, 3.05) is 13.1 Å². The van der Waals surface area contributed by atoms with Crippen LogP contribution in [0.2, 0.25) is 0 Å². The fourth-order valence-electron chi connectivity index (χ4n) is 2.50. The number of aromatic nitrogens is 1. The molecular formula is C14H23N3OS. The molecule has 1 N–H and O–H groups in total. The van der Waals surface area contributed by atoms with Gasteiger partial charge in [-0.05, 0) is 33.6 Å². The predicted octanol–water partition coefficient (Wildman–Crippen LogP) is 1.98. The lowest BCUT2D eigenvalue weighted by Gasteiger charge is -2.38. The Kier molecular flexibility index (Phi) is 4.93. The maximum Gasteiger partial charge on any atom is 0.222 e. The summed E-state index contributed by atoms with van der Waals surface area (Å²) >= 11 is 1.68. The number of thiazole rings is 1. The number of nitrogens with one attached hydrogen (secondary N) is 1. The minimum atomic E-state index is 0.285. The van der Waals surface area contributed by atoms with Crippen LogP contribution in [-0.2, 0) is 11.2 Å². The maximum atomic E-state index is 12.2. The second kappa shape index (κ2) is 6.48. The Morgan fingerprint density at radius 1 is 1.58 bits per heavy atom. The van der Waals surface area contributed by atoms with Gasteiger partial charge in [-0.25, -0.2) is 4.98 Å². The number of hydrogen-bond acceptors (Lipinski definition) is 4. The van der Waals surface area contributed by atoms with Crippen LogP contribution in [0.5, 0.6) is 0 Å². The number of carbonyl (C=O) groups excluding carboxylic acids is 1. The van der Waals surface area contributed by atoms with E-state index in [1.54, 1.807) is 11.3 Å². The van der Waals surface area contributed by atoms with Gasteiger partial charge in [-0.15, -0.1) is 11.3 Å². The third-order valence-corrected chi connectivity index (χ3v) is 4.67. The Balaban J connectivity index is 1.77. The van der Waals surface area contributed by atoms with Gasteiger partial charge in [0, 0.05) is 37.0 Å². The predicted molar refractivity (Wildman–Crippen MR) is 78.4 cm³/mol. The molecule has 5 heteroatoms. The lowest BCUT2D eigenvalue weighted by molar-refractivity contribution is -0.134. The number of piperazine rings is 1. The zero-order valence-corrected chi connectivity index (χ0v) is 12.8. The van der Waals surface area contributed by atoms with Gasteiger partial charge in [0.25, 0.3) is 0 Å². The van der Waals surface area contributed by atoms with E-state index in [1.165, 1.54) is 0 Å². The topological polar surface area (TPSA) is 45.2 Å². The highest BCUT2D eigenvalue weighted by Gasteiger charge is 2.27. The fourth-order valence-corrected chi connectivity index (χ4v) is 3.14. The van der Waals surface area contributed by atoms with Gasteiger partial charge < -0.3 is 10.2 Å². The molecule has 4 nitrogen and oxygen atoms in total. The molecule has 0 spiro atoms. The van der Waals surface area contributed by atoms with Crippen molar-refractivity contribution < 1.29 is 4.79 Å². The first kappa shape index (κ1) is 14.5. The molecule has 0 radical (unpaired) electrons. The van der Waals surface area contributed by atoms with Crippen LogP contribution in [-0.4, -0.2) is 41.0 Å². The van der Waals surface area contributed by atoms with Crippen molar-refractivity contribution in [3.05, 3.63) is 16.1 Å². The van der Waals surface area contributed by atoms with Gasteiger partial charge in [-0.3, -0.25) is 4.79 Å². The Bertz CT molecular complexity index is 432. The summed E-state index contributed by atoms with van der Waals surface area (Å²) in [5, 5.41) is 6.59. The van der Waals surface area contributed by atoms with Gasteiger partial charge in [0.15, 0.2) is 0 Å². The summed E-state index contributed by atoms with van der Waals surface area (Å²) in [6.07, 6.45) is 2.44. The zero-order valence-electron chi connectivity index (χ0n) is 12.0. The van der Waals surface area contributed by atoms with Crippen LogP contribution in [0.4, 0.5) is 0 Å². The lowest BCUT2D eigenvalue weighted by atomic mass is 10.1. The standard InChI is InChI=1S/C14H23N3OS/c1-10-11(2)17(8-7-15-10)14(18)6-4-5-13-9-19-12(3)16-13/h9-11,15H,4-8H2,1-3H3. The molecular weight excluding hydrogens is 258 g/mol. The first-order valence-electron chi connectivity index (χ1n) is 7.02. The fraction of sp³-hybridized carbons (Fsp3) is 0.714. The number of hydrogen-bond donors (Lipinski definition) is 1. The first-order valence-corrected chi connectivity index (χ1v) is 7.89. The van der Waals surface area contributed by atoms with E-state index in [-0.39, 0.29) is 5.91 Å². The van der Waals surface area contributed by atoms with Crippen LogP contribution in [0.1, 0.15) is 37.4 Å². The smallest absolute Gasteiger partial charge is 0.222 e. The second-order valence-corrected chi connectivity index (χ2v) is 6.34. The molecule has 1 saturated heterocycles. The summed E-state index contributed by atoms with van der Waals surface area (Å²) in [4.78, 5) is 18.7. The maximum absolute atomic E-state index is 12.2. The van der Waals surface area contributed by atoms with E-state index in [9.17, 15) is 4.79 Å². The van der Waals surface area contributed by atoms with Crippen LogP contribution >= 0.6 is 11.3 Å². The van der Waals surface area contributed by atoms with Crippen LogP contribution in [0, 0.1) is 6.92 Å². The van der Waals surface area contributed by atoms with Gasteiger partial charge in [-0.1, -0.05) is 0 Å². The number of amides is 1. The van der Waals surface area contributed by atoms with Crippen LogP contribution in [0.25, 0.3) is 0 Å². The van der Waals surface area contributed by atoms with E-state index in [2.05, 4.69) is 29.5 Å². The molecule has 0 saturated carbocycles. The third kappa shape index (κ3) is 3.76. The molecule has 0 bridgehead atoms. The van der Waals surface area contributed by atoms with Crippen molar-refractivity contribution >= 4 is 17.2 Å². The summed E-state index contributed by atoms with van der Waals surface area (Å²) in [7, 11) is 0. The summed E-state index contributed by atoms with van der Waals surface area (Å²) < 4.78 is 0. The molecule has 2 heterocycles. The zero-order chi connectivity index (χ0) is 13.8. The largest absolute Gasteiger partial charge is 0.337 e. The molecule has 2 rings (SSSR count). The molecule has 2 unspecified atom stereocenters. The van der Waals surface area contributed by atoms with Gasteiger partial charge in [0.1, 0.15) is 0 Å². The number of nitrogens with zero attached hydrogens (tertiary/aromatic N) is 2. The molecule has 1 aliphatic heterocycles. The number of carbonyl (C=O) groups is 1. The summed E-state index contributed by atoms with van der Waals surface area (Å²) in [5.41, 5.74) is 1.12. The van der Waals surface area contributed by atoms with E-state index in [0.717, 1.165) is 36.6 Å². The Morgan fingerprint density at radius 2 is 2.37 bits per heavy atom. The van der Waals surface area contributed by atoms with Crippen molar-refractivity contribution in [3.8, 4) is 0 Å². The highest BCUT2D eigenvalue weighted by atomic mass is 32.1. The van der Waals surface area contributed by atoms with Crippen molar-refractivity contribution in [1.29, 1.82) is 0 Å². The monoisotopic (exact) mass is 281 g/mol. The average Bonchev–Trinajstić information content (AvgIpc) is 2.78. The van der Waals surface area contributed by atoms with Gasteiger partial charge in [0.05, 0.1) is 10.7 Å². The third-order valence-electron chi connectivity index (χ3n) is 3.84. The SMILES string of the molecule is Cc1nc(CCCC(=O)N2CCNC(C)C2C)cs1. The summed E-state index contributed by atoms with van der Waals surface area (Å²) in [6, 6.07) is 0.682. The Morgan fingerprint density at radius 3 is 3.05 bits per heavy atom. The molecule has 1 aromatic heterocycles. The van der Waals surface area contributed by atoms with Gasteiger partial charge >= 0.3 is 0 Å². The average molecular weight is 281 g/mol. The van der Waals surface area contributed by atoms with Crippen LogP contribution in [0.3, 0.4) is 0 Å². The lowest BCUT2D eigenvalue weighted by Crippen LogP contribution is -2.57. The van der Waals surface area contributed by atoms with E-state index >= 15 is 0 Å². The molecule has 1 aliphatic rings. The molecule has 1 fully saturated rings. The van der Waals surface area contributed by atoms with E-state index < -0.39 is 0 Å². The summed E-state index contributed by atoms with van der Waals surface area (Å²) in [6.45, 7) is 8.02. The Hall–Kier alpha value is -0.940. The normalized spacial score (nSPS) is 23.6. The van der Waals surface area contributed by atoms with Crippen LogP contribution < -0.4 is 5.32 Å². The van der Waals surface area contributed by atoms with Gasteiger partial charge in [0.2, 0.25) is 5.91 Å². The van der Waals surface area contributed by atoms with Gasteiger partial charge in [-0.2, -0.15) is 0 Å². The molecule has 0 aliphatic carbocycles. The molecule has 0 aromatic carbocycles. The first-order chi connectivity index (χ1) is 9.08. The summed E-state index contributed by atoms with van der Waals surface area (Å²) in [5.74, 6) is 0.285.